The maximum atomic E-state index is 11.9. The summed E-state index contributed by atoms with van der Waals surface area (Å²) in [4.78, 5) is 23.1. The SMILES string of the molecule is CC(=O)c1ccc(NC(=O)CCNc2ccc(Cl)c(Cl)c2)cc1. The van der Waals surface area contributed by atoms with Gasteiger partial charge in [-0.3, -0.25) is 9.59 Å². The van der Waals surface area contributed by atoms with Gasteiger partial charge in [-0.25, -0.2) is 0 Å². The molecule has 0 radical (unpaired) electrons. The highest BCUT2D eigenvalue weighted by Crippen LogP contribution is 2.24. The molecule has 0 fully saturated rings. The van der Waals surface area contributed by atoms with Crippen LogP contribution in [0.4, 0.5) is 11.4 Å². The number of halogens is 2. The monoisotopic (exact) mass is 350 g/mol. The standard InChI is InChI=1S/C17H16Cl2N2O2/c1-11(22)12-2-4-13(5-3-12)21-17(23)8-9-20-14-6-7-15(18)16(19)10-14/h2-7,10,20H,8-9H2,1H3,(H,21,23). The van der Waals surface area contributed by atoms with Gasteiger partial charge >= 0.3 is 0 Å². The quantitative estimate of drug-likeness (QED) is 0.746. The van der Waals surface area contributed by atoms with Gasteiger partial charge in [-0.05, 0) is 49.4 Å². The first kappa shape index (κ1) is 17.3. The molecule has 4 nitrogen and oxygen atoms in total. The first-order valence-electron chi connectivity index (χ1n) is 7.05. The van der Waals surface area contributed by atoms with E-state index in [1.807, 2.05) is 0 Å². The molecule has 0 bridgehead atoms. The van der Waals surface area contributed by atoms with Crippen LogP contribution in [-0.2, 0) is 4.79 Å². The maximum Gasteiger partial charge on any atom is 0.226 e. The molecule has 0 aromatic heterocycles. The molecule has 120 valence electrons. The molecular formula is C17H16Cl2N2O2. The van der Waals surface area contributed by atoms with Gasteiger partial charge in [0.2, 0.25) is 5.91 Å². The summed E-state index contributed by atoms with van der Waals surface area (Å²) >= 11 is 11.8. The average Bonchev–Trinajstić information content (AvgIpc) is 2.51. The van der Waals surface area contributed by atoms with Crippen LogP contribution in [0.25, 0.3) is 0 Å². The lowest BCUT2D eigenvalue weighted by molar-refractivity contribution is -0.115. The van der Waals surface area contributed by atoms with E-state index < -0.39 is 0 Å². The highest BCUT2D eigenvalue weighted by molar-refractivity contribution is 6.42. The van der Waals surface area contributed by atoms with Crippen molar-refractivity contribution in [2.24, 2.45) is 0 Å². The summed E-state index contributed by atoms with van der Waals surface area (Å²) < 4.78 is 0. The number of hydrogen-bond acceptors (Lipinski definition) is 3. The minimum atomic E-state index is -0.117. The third kappa shape index (κ3) is 5.27. The number of carbonyl (C=O) groups excluding carboxylic acids is 2. The van der Waals surface area contributed by atoms with E-state index in [9.17, 15) is 9.59 Å². The molecule has 0 aliphatic carbocycles. The zero-order valence-corrected chi connectivity index (χ0v) is 14.0. The normalized spacial score (nSPS) is 10.2. The Bertz CT molecular complexity index is 715. The predicted octanol–water partition coefficient (Wildman–Crippen LogP) is 4.64. The summed E-state index contributed by atoms with van der Waals surface area (Å²) in [7, 11) is 0. The lowest BCUT2D eigenvalue weighted by atomic mass is 10.1. The molecule has 0 aliphatic rings. The zero-order chi connectivity index (χ0) is 16.8. The number of benzene rings is 2. The zero-order valence-electron chi connectivity index (χ0n) is 12.5. The summed E-state index contributed by atoms with van der Waals surface area (Å²) in [5.41, 5.74) is 2.08. The molecule has 2 aromatic rings. The molecule has 1 amide bonds. The van der Waals surface area contributed by atoms with E-state index in [1.54, 1.807) is 42.5 Å². The van der Waals surface area contributed by atoms with Crippen molar-refractivity contribution in [3.63, 3.8) is 0 Å². The number of nitrogens with one attached hydrogen (secondary N) is 2. The topological polar surface area (TPSA) is 58.2 Å². The van der Waals surface area contributed by atoms with E-state index in [2.05, 4.69) is 10.6 Å². The molecule has 0 spiro atoms. The van der Waals surface area contributed by atoms with Crippen molar-refractivity contribution in [2.75, 3.05) is 17.2 Å². The number of anilines is 2. The van der Waals surface area contributed by atoms with Crippen molar-refractivity contribution in [1.29, 1.82) is 0 Å². The van der Waals surface area contributed by atoms with Crippen LogP contribution in [0.5, 0.6) is 0 Å². The van der Waals surface area contributed by atoms with Crippen molar-refractivity contribution in [3.8, 4) is 0 Å². The molecule has 0 heterocycles. The van der Waals surface area contributed by atoms with Crippen molar-refractivity contribution < 1.29 is 9.59 Å². The third-order valence-electron chi connectivity index (χ3n) is 3.18. The van der Waals surface area contributed by atoms with Crippen LogP contribution >= 0.6 is 23.2 Å². The van der Waals surface area contributed by atoms with Gasteiger partial charge in [0.25, 0.3) is 0 Å². The molecule has 2 aromatic carbocycles. The first-order valence-corrected chi connectivity index (χ1v) is 7.81. The smallest absolute Gasteiger partial charge is 0.226 e. The summed E-state index contributed by atoms with van der Waals surface area (Å²) in [6, 6.07) is 12.0. The highest BCUT2D eigenvalue weighted by atomic mass is 35.5. The Kier molecular flexibility index (Phi) is 6.02. The molecule has 23 heavy (non-hydrogen) atoms. The average molecular weight is 351 g/mol. The minimum Gasteiger partial charge on any atom is -0.384 e. The van der Waals surface area contributed by atoms with Crippen LogP contribution in [0.3, 0.4) is 0 Å². The second-order valence-electron chi connectivity index (χ2n) is 4.99. The minimum absolute atomic E-state index is 0.00583. The van der Waals surface area contributed by atoms with E-state index in [0.717, 1.165) is 5.69 Å². The Morgan fingerprint density at radius 2 is 1.61 bits per heavy atom. The summed E-state index contributed by atoms with van der Waals surface area (Å²) in [6.07, 6.45) is 0.300. The van der Waals surface area contributed by atoms with E-state index >= 15 is 0 Å². The van der Waals surface area contributed by atoms with Crippen molar-refractivity contribution in [3.05, 3.63) is 58.1 Å². The molecule has 0 aliphatic heterocycles. The van der Waals surface area contributed by atoms with Gasteiger partial charge < -0.3 is 10.6 Å². The first-order chi connectivity index (χ1) is 11.0. The second-order valence-corrected chi connectivity index (χ2v) is 5.80. The molecular weight excluding hydrogens is 335 g/mol. The summed E-state index contributed by atoms with van der Waals surface area (Å²) in [6.45, 7) is 1.97. The molecule has 0 atom stereocenters. The Balaban J connectivity index is 1.80. The van der Waals surface area contributed by atoms with Crippen LogP contribution in [-0.4, -0.2) is 18.2 Å². The fourth-order valence-corrected chi connectivity index (χ4v) is 2.24. The Morgan fingerprint density at radius 1 is 0.957 bits per heavy atom. The number of rotatable bonds is 6. The van der Waals surface area contributed by atoms with Crippen LogP contribution in [0, 0.1) is 0 Å². The Labute approximate surface area is 144 Å². The maximum absolute atomic E-state index is 11.9. The van der Waals surface area contributed by atoms with Crippen LogP contribution in [0.1, 0.15) is 23.7 Å². The fourth-order valence-electron chi connectivity index (χ4n) is 1.94. The van der Waals surface area contributed by atoms with Crippen LogP contribution < -0.4 is 10.6 Å². The molecule has 6 heteroatoms. The van der Waals surface area contributed by atoms with Crippen LogP contribution in [0.2, 0.25) is 10.0 Å². The molecule has 2 N–H and O–H groups in total. The number of Topliss-reactive ketones (excluding diaryl/α,β-unsaturated/α-hetero) is 1. The molecule has 0 unspecified atom stereocenters. The van der Waals surface area contributed by atoms with Gasteiger partial charge in [-0.1, -0.05) is 23.2 Å². The second kappa shape index (κ2) is 7.99. The van der Waals surface area contributed by atoms with E-state index in [-0.39, 0.29) is 11.7 Å². The van der Waals surface area contributed by atoms with E-state index in [0.29, 0.717) is 34.3 Å². The molecule has 0 saturated heterocycles. The Morgan fingerprint density at radius 3 is 2.22 bits per heavy atom. The van der Waals surface area contributed by atoms with E-state index in [4.69, 9.17) is 23.2 Å². The highest BCUT2D eigenvalue weighted by Gasteiger charge is 2.04. The van der Waals surface area contributed by atoms with Gasteiger partial charge in [0, 0.05) is 29.9 Å². The summed E-state index contributed by atoms with van der Waals surface area (Å²) in [5.74, 6) is -0.123. The summed E-state index contributed by atoms with van der Waals surface area (Å²) in [5, 5.41) is 6.84. The van der Waals surface area contributed by atoms with Crippen LogP contribution in [0.15, 0.2) is 42.5 Å². The lowest BCUT2D eigenvalue weighted by Crippen LogP contribution is -2.16. The van der Waals surface area contributed by atoms with Gasteiger partial charge in [0.05, 0.1) is 10.0 Å². The van der Waals surface area contributed by atoms with Crippen molar-refractivity contribution in [2.45, 2.75) is 13.3 Å². The van der Waals surface area contributed by atoms with E-state index in [1.165, 1.54) is 6.92 Å². The number of ketones is 1. The van der Waals surface area contributed by atoms with Crippen molar-refractivity contribution >= 4 is 46.3 Å². The van der Waals surface area contributed by atoms with Gasteiger partial charge in [-0.2, -0.15) is 0 Å². The lowest BCUT2D eigenvalue weighted by Gasteiger charge is -2.08. The van der Waals surface area contributed by atoms with Gasteiger partial charge in [-0.15, -0.1) is 0 Å². The number of hydrogen-bond donors (Lipinski definition) is 2. The number of amides is 1. The van der Waals surface area contributed by atoms with Gasteiger partial charge in [0.15, 0.2) is 5.78 Å². The van der Waals surface area contributed by atoms with Gasteiger partial charge in [0.1, 0.15) is 0 Å². The van der Waals surface area contributed by atoms with Crippen molar-refractivity contribution in [1.82, 2.24) is 0 Å². The largest absolute Gasteiger partial charge is 0.384 e. The molecule has 0 saturated carbocycles. The molecule has 2 rings (SSSR count). The third-order valence-corrected chi connectivity index (χ3v) is 3.91. The number of carbonyl (C=O) groups is 2. The Hall–Kier alpha value is -2.04. The predicted molar refractivity (Wildman–Crippen MR) is 94.6 cm³/mol. The fraction of sp³-hybridized carbons (Fsp3) is 0.176.